The van der Waals surface area contributed by atoms with E-state index in [9.17, 15) is 14.0 Å². The standard InChI is InChI=1S/C13H15FN2O2/c14-10-5-2-1-4-9(10)8-12(17)16-11-6-3-7-15-13(11)18/h1-2,4-5,11H,3,6-8H2,(H,15,18)(H,16,17). The molecule has 1 aromatic rings. The number of piperidine rings is 1. The predicted molar refractivity (Wildman–Crippen MR) is 64.3 cm³/mol. The highest BCUT2D eigenvalue weighted by atomic mass is 19.1. The first-order valence-corrected chi connectivity index (χ1v) is 5.97. The summed E-state index contributed by atoms with van der Waals surface area (Å²) in [6.07, 6.45) is 1.43. The van der Waals surface area contributed by atoms with Gasteiger partial charge >= 0.3 is 0 Å². The molecule has 0 radical (unpaired) electrons. The Hall–Kier alpha value is -1.91. The van der Waals surface area contributed by atoms with E-state index in [2.05, 4.69) is 10.6 Å². The maximum Gasteiger partial charge on any atom is 0.242 e. The average molecular weight is 250 g/mol. The number of rotatable bonds is 3. The lowest BCUT2D eigenvalue weighted by Crippen LogP contribution is -2.50. The number of carbonyl (C=O) groups is 2. The third kappa shape index (κ3) is 3.06. The Morgan fingerprint density at radius 1 is 1.44 bits per heavy atom. The molecule has 1 aromatic carbocycles. The van der Waals surface area contributed by atoms with E-state index < -0.39 is 11.9 Å². The van der Waals surface area contributed by atoms with Crippen LogP contribution in [0.25, 0.3) is 0 Å². The van der Waals surface area contributed by atoms with Crippen molar-refractivity contribution in [3.63, 3.8) is 0 Å². The highest BCUT2D eigenvalue weighted by Gasteiger charge is 2.23. The lowest BCUT2D eigenvalue weighted by Gasteiger charge is -2.22. The Morgan fingerprint density at radius 2 is 2.22 bits per heavy atom. The number of nitrogens with one attached hydrogen (secondary N) is 2. The third-order valence-electron chi connectivity index (χ3n) is 2.93. The number of halogens is 1. The van der Waals surface area contributed by atoms with Crippen molar-refractivity contribution in [2.24, 2.45) is 0 Å². The summed E-state index contributed by atoms with van der Waals surface area (Å²) in [5.41, 5.74) is 0.339. The molecule has 0 saturated carbocycles. The summed E-state index contributed by atoms with van der Waals surface area (Å²) in [5.74, 6) is -0.897. The molecule has 1 fully saturated rings. The normalized spacial score (nSPS) is 19.2. The molecule has 0 aliphatic carbocycles. The second-order valence-corrected chi connectivity index (χ2v) is 4.32. The van der Waals surface area contributed by atoms with Gasteiger partial charge in [0.1, 0.15) is 11.9 Å². The van der Waals surface area contributed by atoms with Crippen LogP contribution in [0.2, 0.25) is 0 Å². The molecule has 1 aliphatic rings. The summed E-state index contributed by atoms with van der Waals surface area (Å²) in [6.45, 7) is 0.651. The second-order valence-electron chi connectivity index (χ2n) is 4.32. The molecule has 1 aliphatic heterocycles. The molecular weight excluding hydrogens is 235 g/mol. The first-order valence-electron chi connectivity index (χ1n) is 5.97. The van der Waals surface area contributed by atoms with Crippen LogP contribution in [0.1, 0.15) is 18.4 Å². The number of hydrogen-bond acceptors (Lipinski definition) is 2. The van der Waals surface area contributed by atoms with Gasteiger partial charge in [-0.2, -0.15) is 0 Å². The van der Waals surface area contributed by atoms with Crippen LogP contribution in [0.5, 0.6) is 0 Å². The fourth-order valence-corrected chi connectivity index (χ4v) is 1.97. The fraction of sp³-hybridized carbons (Fsp3) is 0.385. The van der Waals surface area contributed by atoms with Gasteiger partial charge in [0, 0.05) is 6.54 Å². The molecular formula is C13H15FN2O2. The van der Waals surface area contributed by atoms with Crippen LogP contribution in [0.15, 0.2) is 24.3 Å². The van der Waals surface area contributed by atoms with Gasteiger partial charge in [-0.15, -0.1) is 0 Å². The quantitative estimate of drug-likeness (QED) is 0.832. The van der Waals surface area contributed by atoms with E-state index in [1.165, 1.54) is 6.07 Å². The Balaban J connectivity index is 1.92. The maximum atomic E-state index is 13.3. The van der Waals surface area contributed by atoms with Crippen LogP contribution in [0, 0.1) is 5.82 Å². The van der Waals surface area contributed by atoms with Crippen molar-refractivity contribution in [1.29, 1.82) is 0 Å². The molecule has 0 spiro atoms. The maximum absolute atomic E-state index is 13.3. The van der Waals surface area contributed by atoms with Gasteiger partial charge in [-0.3, -0.25) is 9.59 Å². The van der Waals surface area contributed by atoms with E-state index in [-0.39, 0.29) is 18.2 Å². The summed E-state index contributed by atoms with van der Waals surface area (Å²) in [7, 11) is 0. The van der Waals surface area contributed by atoms with Gasteiger partial charge in [-0.25, -0.2) is 4.39 Å². The van der Waals surface area contributed by atoms with Crippen molar-refractivity contribution in [2.45, 2.75) is 25.3 Å². The van der Waals surface area contributed by atoms with Gasteiger partial charge in [-0.1, -0.05) is 18.2 Å². The SMILES string of the molecule is O=C(Cc1ccccc1F)NC1CCCNC1=O. The van der Waals surface area contributed by atoms with Crippen LogP contribution in [-0.2, 0) is 16.0 Å². The molecule has 1 heterocycles. The van der Waals surface area contributed by atoms with Crippen LogP contribution in [0.4, 0.5) is 4.39 Å². The zero-order chi connectivity index (χ0) is 13.0. The molecule has 1 atom stereocenters. The van der Waals surface area contributed by atoms with E-state index in [0.717, 1.165) is 6.42 Å². The van der Waals surface area contributed by atoms with Gasteiger partial charge in [0.15, 0.2) is 0 Å². The van der Waals surface area contributed by atoms with E-state index in [0.29, 0.717) is 18.5 Å². The Bertz CT molecular complexity index is 462. The smallest absolute Gasteiger partial charge is 0.242 e. The fourth-order valence-electron chi connectivity index (χ4n) is 1.97. The molecule has 2 N–H and O–H groups in total. The van der Waals surface area contributed by atoms with E-state index in [1.807, 2.05) is 0 Å². The molecule has 2 rings (SSSR count). The first kappa shape index (κ1) is 12.5. The van der Waals surface area contributed by atoms with Gasteiger partial charge in [0.05, 0.1) is 6.42 Å². The molecule has 0 bridgehead atoms. The lowest BCUT2D eigenvalue weighted by atomic mass is 10.1. The topological polar surface area (TPSA) is 58.2 Å². The predicted octanol–water partition coefficient (Wildman–Crippen LogP) is 0.763. The highest BCUT2D eigenvalue weighted by Crippen LogP contribution is 2.08. The van der Waals surface area contributed by atoms with Crippen molar-refractivity contribution in [2.75, 3.05) is 6.54 Å². The summed E-state index contributed by atoms with van der Waals surface area (Å²) < 4.78 is 13.3. The first-order chi connectivity index (χ1) is 8.66. The van der Waals surface area contributed by atoms with Crippen LogP contribution >= 0.6 is 0 Å². The average Bonchev–Trinajstić information content (AvgIpc) is 2.35. The molecule has 1 saturated heterocycles. The highest BCUT2D eigenvalue weighted by molar-refractivity contribution is 5.88. The van der Waals surface area contributed by atoms with E-state index in [4.69, 9.17) is 0 Å². The molecule has 0 aromatic heterocycles. The Kier molecular flexibility index (Phi) is 3.92. The van der Waals surface area contributed by atoms with E-state index in [1.54, 1.807) is 18.2 Å². The number of amides is 2. The van der Waals surface area contributed by atoms with Gasteiger partial charge in [0.2, 0.25) is 11.8 Å². The lowest BCUT2D eigenvalue weighted by molar-refractivity contribution is -0.129. The van der Waals surface area contributed by atoms with Crippen LogP contribution < -0.4 is 10.6 Å². The summed E-state index contributed by atoms with van der Waals surface area (Å²) in [4.78, 5) is 23.2. The van der Waals surface area contributed by atoms with Gasteiger partial charge < -0.3 is 10.6 Å². The van der Waals surface area contributed by atoms with Crippen molar-refractivity contribution >= 4 is 11.8 Å². The minimum absolute atomic E-state index is 0.0452. The van der Waals surface area contributed by atoms with Crippen molar-refractivity contribution in [3.8, 4) is 0 Å². The molecule has 18 heavy (non-hydrogen) atoms. The minimum Gasteiger partial charge on any atom is -0.354 e. The van der Waals surface area contributed by atoms with Crippen molar-refractivity contribution in [1.82, 2.24) is 10.6 Å². The number of benzene rings is 1. The Morgan fingerprint density at radius 3 is 2.94 bits per heavy atom. The van der Waals surface area contributed by atoms with Crippen LogP contribution in [0.3, 0.4) is 0 Å². The summed E-state index contributed by atoms with van der Waals surface area (Å²) in [6, 6.07) is 5.65. The third-order valence-corrected chi connectivity index (χ3v) is 2.93. The molecule has 5 heteroatoms. The minimum atomic E-state index is -0.488. The number of carbonyl (C=O) groups excluding carboxylic acids is 2. The summed E-state index contributed by atoms with van der Waals surface area (Å²) >= 11 is 0. The van der Waals surface area contributed by atoms with E-state index >= 15 is 0 Å². The molecule has 1 unspecified atom stereocenters. The van der Waals surface area contributed by atoms with Gasteiger partial charge in [-0.05, 0) is 24.5 Å². The van der Waals surface area contributed by atoms with Crippen molar-refractivity contribution in [3.05, 3.63) is 35.6 Å². The van der Waals surface area contributed by atoms with Crippen LogP contribution in [-0.4, -0.2) is 24.4 Å². The largest absolute Gasteiger partial charge is 0.354 e. The number of hydrogen-bond donors (Lipinski definition) is 2. The second kappa shape index (κ2) is 5.62. The zero-order valence-electron chi connectivity index (χ0n) is 9.91. The van der Waals surface area contributed by atoms with Gasteiger partial charge in [0.25, 0.3) is 0 Å². The monoisotopic (exact) mass is 250 g/mol. The Labute approximate surface area is 105 Å². The zero-order valence-corrected chi connectivity index (χ0v) is 9.91. The molecule has 2 amide bonds. The molecule has 96 valence electrons. The van der Waals surface area contributed by atoms with Crippen molar-refractivity contribution < 1.29 is 14.0 Å². The molecule has 4 nitrogen and oxygen atoms in total. The summed E-state index contributed by atoms with van der Waals surface area (Å²) in [5, 5.41) is 5.31.